The Labute approximate surface area is 210 Å². The van der Waals surface area contributed by atoms with Gasteiger partial charge in [0.2, 0.25) is 0 Å². The van der Waals surface area contributed by atoms with Crippen LogP contribution in [0.3, 0.4) is 0 Å². The molecule has 1 unspecified atom stereocenters. The maximum Gasteiger partial charge on any atom is 0.119 e. The lowest BCUT2D eigenvalue weighted by atomic mass is 9.55. The fourth-order valence-electron chi connectivity index (χ4n) is 7.13. The van der Waals surface area contributed by atoms with Gasteiger partial charge in [-0.3, -0.25) is 4.90 Å². The Morgan fingerprint density at radius 3 is 2.34 bits per heavy atom. The smallest absolute Gasteiger partial charge is 0.119 e. The number of fused-ring (bicyclic) bond motifs is 3. The van der Waals surface area contributed by atoms with Gasteiger partial charge in [-0.2, -0.15) is 0 Å². The maximum absolute atomic E-state index is 12.4. The highest BCUT2D eigenvalue weighted by molar-refractivity contribution is 5.88. The van der Waals surface area contributed by atoms with Gasteiger partial charge in [0.1, 0.15) is 11.4 Å². The number of nitrogens with zero attached hydrogens (tertiary/aromatic N) is 2. The van der Waals surface area contributed by atoms with E-state index in [1.165, 1.54) is 27.9 Å². The minimum atomic E-state index is -1.34. The second-order valence-electron chi connectivity index (χ2n) is 11.0. The Bertz CT molecular complexity index is 1220. The summed E-state index contributed by atoms with van der Waals surface area (Å²) in [6, 6.07) is 1.92. The highest BCUT2D eigenvalue weighted by atomic mass is 16.3. The molecule has 3 aliphatic carbocycles. The molecule has 4 N–H and O–H groups in total. The molecular weight excluding hydrogens is 434 g/mol. The van der Waals surface area contributed by atoms with Gasteiger partial charge in [0.05, 0.1) is 6.04 Å². The number of likely N-dealkylation sites (N-methyl/N-ethyl adjacent to an activating group) is 1. The highest BCUT2D eigenvalue weighted by Gasteiger charge is 2.57. The molecule has 0 saturated heterocycles. The maximum atomic E-state index is 12.4. The zero-order valence-corrected chi connectivity index (χ0v) is 22.4. The average Bonchev–Trinajstić information content (AvgIpc) is 2.75. The van der Waals surface area contributed by atoms with Crippen LogP contribution < -0.4 is 10.6 Å². The van der Waals surface area contributed by atoms with Gasteiger partial charge in [0, 0.05) is 37.0 Å². The van der Waals surface area contributed by atoms with E-state index in [1.54, 1.807) is 0 Å². The summed E-state index contributed by atoms with van der Waals surface area (Å²) in [7, 11) is 8.05. The average molecular weight is 476 g/mol. The van der Waals surface area contributed by atoms with Crippen LogP contribution in [0.25, 0.3) is 5.57 Å². The van der Waals surface area contributed by atoms with Gasteiger partial charge in [0.15, 0.2) is 0 Å². The van der Waals surface area contributed by atoms with Crippen molar-refractivity contribution in [2.75, 3.05) is 33.1 Å². The number of aliphatic hydroxyl groups excluding tert-OH is 1. The van der Waals surface area contributed by atoms with Crippen molar-refractivity contribution < 1.29 is 10.2 Å². The topological polar surface area (TPSA) is 73.0 Å². The van der Waals surface area contributed by atoms with Crippen LogP contribution >= 0.6 is 0 Å². The Balaban J connectivity index is 2.00. The second kappa shape index (κ2) is 8.42. The summed E-state index contributed by atoms with van der Waals surface area (Å²) >= 11 is 0. The molecule has 0 bridgehead atoms. The minimum absolute atomic E-state index is 0.144. The Kier molecular flexibility index (Phi) is 6.10. The van der Waals surface area contributed by atoms with Crippen molar-refractivity contribution in [2.45, 2.75) is 51.7 Å². The first kappa shape index (κ1) is 25.3. The van der Waals surface area contributed by atoms with E-state index < -0.39 is 11.6 Å². The summed E-state index contributed by atoms with van der Waals surface area (Å²) in [6.07, 6.45) is 2.53. The SMILES string of the molecule is C=C(N)C1=C(O)C(N(C)C)[C@@H]2C[C@@H]3Cc4c(N(C)C)cc(CC)c(C)c4C(=C)C3=C(C)[C@]2(O)C1=C. The van der Waals surface area contributed by atoms with E-state index >= 15 is 0 Å². The van der Waals surface area contributed by atoms with E-state index in [4.69, 9.17) is 5.73 Å². The number of allylic oxidation sites excluding steroid dienone is 3. The van der Waals surface area contributed by atoms with Gasteiger partial charge >= 0.3 is 0 Å². The van der Waals surface area contributed by atoms with Gasteiger partial charge in [-0.05, 0) is 104 Å². The molecule has 3 aliphatic rings. The molecule has 0 spiro atoms. The van der Waals surface area contributed by atoms with Gasteiger partial charge < -0.3 is 20.8 Å². The normalized spacial score (nSPS) is 28.2. The van der Waals surface area contributed by atoms with Gasteiger partial charge in [-0.15, -0.1) is 0 Å². The zero-order valence-electron chi connectivity index (χ0n) is 22.4. The lowest BCUT2D eigenvalue weighted by Crippen LogP contribution is -2.58. The monoisotopic (exact) mass is 475 g/mol. The Hall–Kier alpha value is -2.76. The number of anilines is 1. The molecule has 0 radical (unpaired) electrons. The molecule has 1 aromatic rings. The number of aliphatic hydroxyl groups is 2. The summed E-state index contributed by atoms with van der Waals surface area (Å²) in [4.78, 5) is 4.16. The number of hydrogen-bond acceptors (Lipinski definition) is 5. The second-order valence-corrected chi connectivity index (χ2v) is 11.0. The van der Waals surface area contributed by atoms with Crippen molar-refractivity contribution in [3.8, 4) is 0 Å². The molecule has 4 rings (SSSR count). The summed E-state index contributed by atoms with van der Waals surface area (Å²) in [5.41, 5.74) is 15.2. The predicted octanol–water partition coefficient (Wildman–Crippen LogP) is 4.66. The van der Waals surface area contributed by atoms with Crippen LogP contribution in [0.1, 0.15) is 42.5 Å². The van der Waals surface area contributed by atoms with Crippen molar-refractivity contribution in [1.82, 2.24) is 4.90 Å². The molecule has 35 heavy (non-hydrogen) atoms. The molecule has 0 amide bonds. The van der Waals surface area contributed by atoms with Crippen molar-refractivity contribution >= 4 is 11.3 Å². The molecule has 1 aromatic carbocycles. The van der Waals surface area contributed by atoms with Crippen LogP contribution in [0.2, 0.25) is 0 Å². The van der Waals surface area contributed by atoms with Crippen molar-refractivity contribution in [3.05, 3.63) is 81.8 Å². The van der Waals surface area contributed by atoms with Crippen LogP contribution in [0.5, 0.6) is 0 Å². The molecule has 0 aliphatic heterocycles. The molecule has 0 heterocycles. The fourth-order valence-corrected chi connectivity index (χ4v) is 7.13. The first-order valence-corrected chi connectivity index (χ1v) is 12.5. The minimum Gasteiger partial charge on any atom is -0.510 e. The number of aryl methyl sites for hydroxylation is 1. The predicted molar refractivity (Wildman–Crippen MR) is 146 cm³/mol. The number of rotatable bonds is 4. The van der Waals surface area contributed by atoms with Crippen LogP contribution in [-0.4, -0.2) is 54.9 Å². The number of hydrogen-bond donors (Lipinski definition) is 3. The van der Waals surface area contributed by atoms with E-state index in [1.807, 2.05) is 25.9 Å². The lowest BCUT2D eigenvalue weighted by molar-refractivity contribution is -0.0178. The molecule has 5 nitrogen and oxygen atoms in total. The molecule has 188 valence electrons. The van der Waals surface area contributed by atoms with Crippen LogP contribution in [0, 0.1) is 18.8 Å². The van der Waals surface area contributed by atoms with Gasteiger partial charge in [0.25, 0.3) is 0 Å². The summed E-state index contributed by atoms with van der Waals surface area (Å²) in [6.45, 7) is 19.1. The van der Waals surface area contributed by atoms with Gasteiger partial charge in [-0.1, -0.05) is 26.7 Å². The van der Waals surface area contributed by atoms with Crippen LogP contribution in [-0.2, 0) is 12.8 Å². The number of nitrogens with two attached hydrogens (primary N) is 1. The van der Waals surface area contributed by atoms with E-state index in [0.29, 0.717) is 17.6 Å². The van der Waals surface area contributed by atoms with E-state index in [-0.39, 0.29) is 23.3 Å². The van der Waals surface area contributed by atoms with Crippen molar-refractivity contribution in [1.29, 1.82) is 0 Å². The van der Waals surface area contributed by atoms with Crippen molar-refractivity contribution in [2.24, 2.45) is 17.6 Å². The molecule has 0 aromatic heterocycles. The first-order valence-electron chi connectivity index (χ1n) is 12.5. The fraction of sp³-hybridized carbons (Fsp3) is 0.467. The third-order valence-corrected chi connectivity index (χ3v) is 8.73. The molecule has 0 fully saturated rings. The summed E-state index contributed by atoms with van der Waals surface area (Å²) in [5, 5.41) is 23.7. The summed E-state index contributed by atoms with van der Waals surface area (Å²) < 4.78 is 0. The number of benzene rings is 1. The molecular formula is C30H41N3O2. The molecule has 0 saturated carbocycles. The first-order chi connectivity index (χ1) is 16.3. The van der Waals surface area contributed by atoms with E-state index in [2.05, 4.69) is 58.6 Å². The highest BCUT2D eigenvalue weighted by Crippen LogP contribution is 2.58. The van der Waals surface area contributed by atoms with Gasteiger partial charge in [-0.25, -0.2) is 0 Å². The quantitative estimate of drug-likeness (QED) is 0.591. The van der Waals surface area contributed by atoms with Crippen molar-refractivity contribution in [3.63, 3.8) is 0 Å². The largest absolute Gasteiger partial charge is 0.510 e. The van der Waals surface area contributed by atoms with E-state index in [9.17, 15) is 10.2 Å². The Morgan fingerprint density at radius 2 is 1.83 bits per heavy atom. The standard InChI is InChI=1S/C30H41N3O2/c1-11-20-14-24(32(7)8)22-12-21-13-23-28(33(9)10)29(34)27(19(6)31)18(5)30(23,35)17(4)26(21)16(3)25(22)15(20)2/h14,21,23,28,34-35H,3,5-6,11-13,31H2,1-2,4,7-10H3/t21-,23-,28?,30-/m0/s1. The van der Waals surface area contributed by atoms with E-state index in [0.717, 1.165) is 29.6 Å². The molecule has 5 heteroatoms. The third kappa shape index (κ3) is 3.35. The molecule has 4 atom stereocenters. The Morgan fingerprint density at radius 1 is 1.20 bits per heavy atom. The summed E-state index contributed by atoms with van der Waals surface area (Å²) in [5.74, 6) is 0.0671. The van der Waals surface area contributed by atoms with Crippen LogP contribution in [0.4, 0.5) is 5.69 Å². The third-order valence-electron chi connectivity index (χ3n) is 8.73. The zero-order chi connectivity index (χ0) is 26.1. The van der Waals surface area contributed by atoms with Crippen LogP contribution in [0.15, 0.2) is 59.6 Å². The lowest BCUT2D eigenvalue weighted by Gasteiger charge is -2.54.